The maximum atomic E-state index is 5.38. The lowest BCUT2D eigenvalue weighted by Crippen LogP contribution is -2.03. The third kappa shape index (κ3) is 3.44. The van der Waals surface area contributed by atoms with Crippen molar-refractivity contribution < 1.29 is 9.47 Å². The smallest absolute Gasteiger partial charge is 0.121 e. The molecule has 0 bridgehead atoms. The molecule has 2 aromatic carbocycles. The number of benzene rings is 2. The molecule has 118 valence electrons. The van der Waals surface area contributed by atoms with Gasteiger partial charge >= 0.3 is 0 Å². The van der Waals surface area contributed by atoms with Gasteiger partial charge in [-0.1, -0.05) is 37.6 Å². The standard InChI is InChI=1S/C20H26O2/c1-6-7-18(16-8-10-19(21-4)14(2)12-16)17-9-11-20(22-5)15(3)13-17/h8-13,18H,6-7H2,1-5H3. The van der Waals surface area contributed by atoms with Crippen molar-refractivity contribution in [2.45, 2.75) is 39.5 Å². The fraction of sp³-hybridized carbons (Fsp3) is 0.400. The van der Waals surface area contributed by atoms with Gasteiger partial charge < -0.3 is 9.47 Å². The van der Waals surface area contributed by atoms with Gasteiger partial charge in [0, 0.05) is 5.92 Å². The summed E-state index contributed by atoms with van der Waals surface area (Å²) in [6.07, 6.45) is 2.29. The van der Waals surface area contributed by atoms with Gasteiger partial charge in [-0.2, -0.15) is 0 Å². The van der Waals surface area contributed by atoms with E-state index in [1.807, 2.05) is 0 Å². The van der Waals surface area contributed by atoms with Crippen LogP contribution in [0.15, 0.2) is 36.4 Å². The summed E-state index contributed by atoms with van der Waals surface area (Å²) in [6, 6.07) is 13.0. The first-order chi connectivity index (χ1) is 10.6. The SMILES string of the molecule is CCCC(c1ccc(OC)c(C)c1)c1ccc(OC)c(C)c1. The molecule has 0 aliphatic heterocycles. The van der Waals surface area contributed by atoms with E-state index in [-0.39, 0.29) is 0 Å². The monoisotopic (exact) mass is 298 g/mol. The van der Waals surface area contributed by atoms with Gasteiger partial charge in [-0.3, -0.25) is 0 Å². The van der Waals surface area contributed by atoms with E-state index in [9.17, 15) is 0 Å². The highest BCUT2D eigenvalue weighted by Crippen LogP contribution is 2.34. The van der Waals surface area contributed by atoms with Crippen LogP contribution in [0.25, 0.3) is 0 Å². The van der Waals surface area contributed by atoms with Crippen LogP contribution >= 0.6 is 0 Å². The highest BCUT2D eigenvalue weighted by atomic mass is 16.5. The first kappa shape index (κ1) is 16.4. The van der Waals surface area contributed by atoms with E-state index < -0.39 is 0 Å². The minimum atomic E-state index is 0.416. The molecule has 0 saturated carbocycles. The second-order valence-corrected chi connectivity index (χ2v) is 5.80. The zero-order chi connectivity index (χ0) is 16.1. The summed E-state index contributed by atoms with van der Waals surface area (Å²) < 4.78 is 10.8. The topological polar surface area (TPSA) is 18.5 Å². The molecule has 0 radical (unpaired) electrons. The number of methoxy groups -OCH3 is 2. The van der Waals surface area contributed by atoms with E-state index >= 15 is 0 Å². The summed E-state index contributed by atoms with van der Waals surface area (Å²) in [5.41, 5.74) is 5.08. The van der Waals surface area contributed by atoms with Gasteiger partial charge in [0.25, 0.3) is 0 Å². The van der Waals surface area contributed by atoms with Crippen molar-refractivity contribution in [3.8, 4) is 11.5 Å². The maximum absolute atomic E-state index is 5.38. The Labute approximate surface area is 134 Å². The van der Waals surface area contributed by atoms with Crippen LogP contribution in [-0.4, -0.2) is 14.2 Å². The molecule has 0 unspecified atom stereocenters. The molecule has 0 aromatic heterocycles. The first-order valence-corrected chi connectivity index (χ1v) is 7.89. The summed E-state index contributed by atoms with van der Waals surface area (Å²) in [5, 5.41) is 0. The summed E-state index contributed by atoms with van der Waals surface area (Å²) in [4.78, 5) is 0. The van der Waals surface area contributed by atoms with E-state index in [1.54, 1.807) is 14.2 Å². The van der Waals surface area contributed by atoms with Crippen molar-refractivity contribution in [2.75, 3.05) is 14.2 Å². The predicted octanol–water partition coefficient (Wildman–Crippen LogP) is 5.25. The molecule has 0 atom stereocenters. The van der Waals surface area contributed by atoms with Gasteiger partial charge in [-0.25, -0.2) is 0 Å². The third-order valence-electron chi connectivity index (χ3n) is 4.22. The van der Waals surface area contributed by atoms with Crippen LogP contribution in [0.5, 0.6) is 11.5 Å². The van der Waals surface area contributed by atoms with Gasteiger partial charge in [-0.15, -0.1) is 0 Å². The summed E-state index contributed by atoms with van der Waals surface area (Å²) >= 11 is 0. The average molecular weight is 298 g/mol. The average Bonchev–Trinajstić information content (AvgIpc) is 2.52. The van der Waals surface area contributed by atoms with Crippen LogP contribution in [0.4, 0.5) is 0 Å². The van der Waals surface area contributed by atoms with Crippen LogP contribution in [0, 0.1) is 13.8 Å². The number of rotatable bonds is 6. The van der Waals surface area contributed by atoms with E-state index in [4.69, 9.17) is 9.47 Å². The number of hydrogen-bond donors (Lipinski definition) is 0. The zero-order valence-electron chi connectivity index (χ0n) is 14.3. The van der Waals surface area contributed by atoms with Crippen molar-refractivity contribution in [3.63, 3.8) is 0 Å². The molecular weight excluding hydrogens is 272 g/mol. The Morgan fingerprint density at radius 3 is 1.59 bits per heavy atom. The Kier molecular flexibility index (Phi) is 5.48. The normalized spacial score (nSPS) is 10.8. The lowest BCUT2D eigenvalue weighted by atomic mass is 9.86. The lowest BCUT2D eigenvalue weighted by molar-refractivity contribution is 0.411. The summed E-state index contributed by atoms with van der Waals surface area (Å²) in [7, 11) is 3.44. The third-order valence-corrected chi connectivity index (χ3v) is 4.22. The molecule has 2 heteroatoms. The molecule has 0 aliphatic rings. The van der Waals surface area contributed by atoms with Crippen LogP contribution in [0.3, 0.4) is 0 Å². The van der Waals surface area contributed by atoms with E-state index in [1.165, 1.54) is 22.3 Å². The van der Waals surface area contributed by atoms with Crippen LogP contribution in [-0.2, 0) is 0 Å². The van der Waals surface area contributed by atoms with Gasteiger partial charge in [0.1, 0.15) is 11.5 Å². The van der Waals surface area contributed by atoms with E-state index in [0.717, 1.165) is 24.3 Å². The minimum Gasteiger partial charge on any atom is -0.496 e. The number of aryl methyl sites for hydroxylation is 2. The van der Waals surface area contributed by atoms with Crippen molar-refractivity contribution in [3.05, 3.63) is 58.7 Å². The van der Waals surface area contributed by atoms with Gasteiger partial charge in [0.2, 0.25) is 0 Å². The number of hydrogen-bond acceptors (Lipinski definition) is 2. The minimum absolute atomic E-state index is 0.416. The Hall–Kier alpha value is -1.96. The fourth-order valence-electron chi connectivity index (χ4n) is 3.05. The molecule has 0 fully saturated rings. The van der Waals surface area contributed by atoms with Gasteiger partial charge in [0.15, 0.2) is 0 Å². The highest BCUT2D eigenvalue weighted by molar-refractivity contribution is 5.44. The molecule has 0 amide bonds. The van der Waals surface area contributed by atoms with Crippen molar-refractivity contribution in [1.29, 1.82) is 0 Å². The Morgan fingerprint density at radius 1 is 0.818 bits per heavy atom. The quantitative estimate of drug-likeness (QED) is 0.725. The van der Waals surface area contributed by atoms with Crippen molar-refractivity contribution in [2.24, 2.45) is 0 Å². The first-order valence-electron chi connectivity index (χ1n) is 7.89. The van der Waals surface area contributed by atoms with Crippen LogP contribution < -0.4 is 9.47 Å². The lowest BCUT2D eigenvalue weighted by Gasteiger charge is -2.20. The molecule has 0 spiro atoms. The zero-order valence-corrected chi connectivity index (χ0v) is 14.3. The fourth-order valence-corrected chi connectivity index (χ4v) is 3.05. The molecule has 2 rings (SSSR count). The molecule has 0 heterocycles. The second-order valence-electron chi connectivity index (χ2n) is 5.80. The van der Waals surface area contributed by atoms with E-state index in [0.29, 0.717) is 5.92 Å². The predicted molar refractivity (Wildman–Crippen MR) is 92.2 cm³/mol. The number of ether oxygens (including phenoxy) is 2. The molecular formula is C20H26O2. The van der Waals surface area contributed by atoms with Gasteiger partial charge in [0.05, 0.1) is 14.2 Å². The van der Waals surface area contributed by atoms with Crippen LogP contribution in [0.1, 0.15) is 47.9 Å². The molecule has 2 aromatic rings. The van der Waals surface area contributed by atoms with E-state index in [2.05, 4.69) is 57.2 Å². The summed E-state index contributed by atoms with van der Waals surface area (Å²) in [6.45, 7) is 6.44. The Balaban J connectivity index is 2.41. The Morgan fingerprint density at radius 2 is 1.27 bits per heavy atom. The van der Waals surface area contributed by atoms with Crippen LogP contribution in [0.2, 0.25) is 0 Å². The maximum Gasteiger partial charge on any atom is 0.121 e. The molecule has 0 N–H and O–H groups in total. The second kappa shape index (κ2) is 7.35. The van der Waals surface area contributed by atoms with Crippen molar-refractivity contribution in [1.82, 2.24) is 0 Å². The largest absolute Gasteiger partial charge is 0.496 e. The Bertz CT molecular complexity index is 578. The van der Waals surface area contributed by atoms with Crippen molar-refractivity contribution >= 4 is 0 Å². The van der Waals surface area contributed by atoms with Gasteiger partial charge in [-0.05, 0) is 54.7 Å². The molecule has 0 aliphatic carbocycles. The molecule has 2 nitrogen and oxygen atoms in total. The molecule has 0 saturated heterocycles. The highest BCUT2D eigenvalue weighted by Gasteiger charge is 2.15. The molecule has 22 heavy (non-hydrogen) atoms. The summed E-state index contributed by atoms with van der Waals surface area (Å²) in [5.74, 6) is 2.31.